The van der Waals surface area contributed by atoms with Crippen molar-refractivity contribution in [2.75, 3.05) is 5.73 Å². The molecule has 6 nitrogen and oxygen atoms in total. The van der Waals surface area contributed by atoms with Crippen molar-refractivity contribution in [3.63, 3.8) is 0 Å². The Morgan fingerprint density at radius 3 is 2.58 bits per heavy atom. The Morgan fingerprint density at radius 2 is 1.84 bits per heavy atom. The fourth-order valence-corrected chi connectivity index (χ4v) is 2.39. The molecule has 3 heterocycles. The molecule has 4 aromatic rings. The van der Waals surface area contributed by atoms with Crippen LogP contribution in [-0.4, -0.2) is 15.3 Å². The van der Waals surface area contributed by atoms with Gasteiger partial charge in [0, 0.05) is 16.5 Å². The first kappa shape index (κ1) is 10.1. The summed E-state index contributed by atoms with van der Waals surface area (Å²) in [5.74, 6) is 0.500. The Labute approximate surface area is 106 Å². The maximum atomic E-state index is 10.2. The number of furan rings is 2. The molecule has 4 rings (SSSR count). The van der Waals surface area contributed by atoms with Gasteiger partial charge in [0.2, 0.25) is 0 Å². The first-order valence-electron chi connectivity index (χ1n) is 5.66. The van der Waals surface area contributed by atoms with Gasteiger partial charge in [0.15, 0.2) is 11.3 Å². The van der Waals surface area contributed by atoms with E-state index in [-0.39, 0.29) is 5.75 Å². The maximum absolute atomic E-state index is 10.2. The number of phenols is 1. The minimum atomic E-state index is 0.0644. The van der Waals surface area contributed by atoms with E-state index in [0.29, 0.717) is 27.9 Å². The number of rotatable bonds is 1. The third kappa shape index (κ3) is 1.17. The van der Waals surface area contributed by atoms with Crippen LogP contribution in [0.1, 0.15) is 0 Å². The Morgan fingerprint density at radius 1 is 1.11 bits per heavy atom. The fourth-order valence-electron chi connectivity index (χ4n) is 2.39. The second-order valence-electron chi connectivity index (χ2n) is 4.25. The van der Waals surface area contributed by atoms with E-state index in [2.05, 4.69) is 10.2 Å². The van der Waals surface area contributed by atoms with Gasteiger partial charge in [-0.15, -0.1) is 0 Å². The molecule has 19 heavy (non-hydrogen) atoms. The van der Waals surface area contributed by atoms with Crippen LogP contribution in [-0.2, 0) is 0 Å². The summed E-state index contributed by atoms with van der Waals surface area (Å²) in [4.78, 5) is 0. The number of aromatic hydroxyl groups is 1. The molecule has 0 unspecified atom stereocenters. The standard InChI is InChI=1S/C13H9N3O3/c14-13-8(5-15-16-13)9-6-1-3-19-12(6)10(17)7-2-4-18-11(7)9/h1-5,17H,(H3,14,15,16). The van der Waals surface area contributed by atoms with Crippen molar-refractivity contribution in [1.82, 2.24) is 10.2 Å². The molecule has 0 saturated carbocycles. The average molecular weight is 255 g/mol. The van der Waals surface area contributed by atoms with E-state index in [1.807, 2.05) is 0 Å². The summed E-state index contributed by atoms with van der Waals surface area (Å²) in [5.41, 5.74) is 8.31. The van der Waals surface area contributed by atoms with Gasteiger partial charge < -0.3 is 19.7 Å². The number of H-pyrrole nitrogens is 1. The smallest absolute Gasteiger partial charge is 0.176 e. The van der Waals surface area contributed by atoms with Gasteiger partial charge in [0.25, 0.3) is 0 Å². The van der Waals surface area contributed by atoms with Crippen LogP contribution in [0.4, 0.5) is 5.82 Å². The molecule has 0 spiro atoms. The van der Waals surface area contributed by atoms with E-state index in [9.17, 15) is 5.11 Å². The zero-order valence-electron chi connectivity index (χ0n) is 9.68. The number of anilines is 1. The Bertz CT molecular complexity index is 849. The largest absolute Gasteiger partial charge is 0.504 e. The molecule has 0 bridgehead atoms. The van der Waals surface area contributed by atoms with Crippen LogP contribution in [0.2, 0.25) is 0 Å². The van der Waals surface area contributed by atoms with Crippen LogP contribution in [0.25, 0.3) is 33.1 Å². The normalized spacial score (nSPS) is 11.6. The second kappa shape index (κ2) is 3.32. The molecular weight excluding hydrogens is 246 g/mol. The van der Waals surface area contributed by atoms with Gasteiger partial charge >= 0.3 is 0 Å². The van der Waals surface area contributed by atoms with Crippen molar-refractivity contribution in [3.05, 3.63) is 30.9 Å². The highest BCUT2D eigenvalue weighted by molar-refractivity contribution is 6.14. The Balaban J connectivity index is 2.29. The zero-order chi connectivity index (χ0) is 13.0. The van der Waals surface area contributed by atoms with Crippen molar-refractivity contribution >= 4 is 27.8 Å². The van der Waals surface area contributed by atoms with Crippen molar-refractivity contribution in [2.45, 2.75) is 0 Å². The lowest BCUT2D eigenvalue weighted by molar-refractivity contribution is 0.470. The number of benzene rings is 1. The fraction of sp³-hybridized carbons (Fsp3) is 0. The third-order valence-electron chi connectivity index (χ3n) is 3.24. The van der Waals surface area contributed by atoms with E-state index in [4.69, 9.17) is 14.6 Å². The molecular formula is C13H9N3O3. The van der Waals surface area contributed by atoms with Gasteiger partial charge in [0.05, 0.1) is 24.1 Å². The van der Waals surface area contributed by atoms with Crippen molar-refractivity contribution in [2.24, 2.45) is 0 Å². The molecule has 0 aliphatic carbocycles. The van der Waals surface area contributed by atoms with Crippen LogP contribution in [0.15, 0.2) is 39.7 Å². The van der Waals surface area contributed by atoms with E-state index in [0.717, 1.165) is 10.9 Å². The Kier molecular flexibility index (Phi) is 1.76. The molecule has 0 radical (unpaired) electrons. The van der Waals surface area contributed by atoms with Crippen molar-refractivity contribution < 1.29 is 13.9 Å². The highest BCUT2D eigenvalue weighted by atomic mass is 16.4. The first-order chi connectivity index (χ1) is 9.27. The zero-order valence-corrected chi connectivity index (χ0v) is 9.68. The Hall–Kier alpha value is -2.89. The lowest BCUT2D eigenvalue weighted by Gasteiger charge is -2.05. The number of hydrogen-bond donors (Lipinski definition) is 3. The number of nitrogens with one attached hydrogen (secondary N) is 1. The highest BCUT2D eigenvalue weighted by Gasteiger charge is 2.21. The number of aromatic amines is 1. The van der Waals surface area contributed by atoms with E-state index < -0.39 is 0 Å². The monoisotopic (exact) mass is 255 g/mol. The van der Waals surface area contributed by atoms with Crippen LogP contribution in [0, 0.1) is 0 Å². The average Bonchev–Trinajstić information content (AvgIpc) is 3.10. The van der Waals surface area contributed by atoms with Crippen LogP contribution in [0.5, 0.6) is 5.75 Å². The summed E-state index contributed by atoms with van der Waals surface area (Å²) in [6, 6.07) is 3.45. The molecule has 0 aliphatic heterocycles. The molecule has 1 aromatic carbocycles. The predicted molar refractivity (Wildman–Crippen MR) is 69.6 cm³/mol. The number of hydrogen-bond acceptors (Lipinski definition) is 5. The van der Waals surface area contributed by atoms with Gasteiger partial charge in [-0.1, -0.05) is 0 Å². The SMILES string of the molecule is Nc1[nH]ncc1-c1c2ccoc2c(O)c2ccoc12. The summed E-state index contributed by atoms with van der Waals surface area (Å²) in [6.45, 7) is 0. The third-order valence-corrected chi connectivity index (χ3v) is 3.24. The number of nitrogen functional groups attached to an aromatic ring is 1. The van der Waals surface area contributed by atoms with Gasteiger partial charge in [0.1, 0.15) is 11.4 Å². The molecule has 0 amide bonds. The van der Waals surface area contributed by atoms with Crippen LogP contribution in [0.3, 0.4) is 0 Å². The summed E-state index contributed by atoms with van der Waals surface area (Å²) >= 11 is 0. The number of phenolic OH excluding ortho intramolecular Hbond substituents is 1. The second-order valence-corrected chi connectivity index (χ2v) is 4.25. The molecule has 6 heteroatoms. The van der Waals surface area contributed by atoms with Gasteiger partial charge in [-0.2, -0.15) is 5.10 Å². The van der Waals surface area contributed by atoms with E-state index >= 15 is 0 Å². The molecule has 94 valence electrons. The minimum Gasteiger partial charge on any atom is -0.504 e. The lowest BCUT2D eigenvalue weighted by Crippen LogP contribution is -1.88. The number of fused-ring (bicyclic) bond motifs is 2. The summed E-state index contributed by atoms with van der Waals surface area (Å²) in [7, 11) is 0. The molecule has 0 aliphatic rings. The highest BCUT2D eigenvalue weighted by Crippen LogP contribution is 2.44. The van der Waals surface area contributed by atoms with Crippen molar-refractivity contribution in [1.29, 1.82) is 0 Å². The molecule has 0 atom stereocenters. The van der Waals surface area contributed by atoms with E-state index in [1.165, 1.54) is 12.5 Å². The molecule has 4 N–H and O–H groups in total. The van der Waals surface area contributed by atoms with E-state index in [1.54, 1.807) is 18.3 Å². The summed E-state index contributed by atoms with van der Waals surface area (Å²) in [6.07, 6.45) is 4.65. The minimum absolute atomic E-state index is 0.0644. The molecule has 0 saturated heterocycles. The molecule has 3 aromatic heterocycles. The van der Waals surface area contributed by atoms with Gasteiger partial charge in [-0.3, -0.25) is 5.10 Å². The van der Waals surface area contributed by atoms with Crippen molar-refractivity contribution in [3.8, 4) is 16.9 Å². The maximum Gasteiger partial charge on any atom is 0.176 e. The van der Waals surface area contributed by atoms with Crippen LogP contribution < -0.4 is 5.73 Å². The summed E-state index contributed by atoms with van der Waals surface area (Å²) in [5, 5.41) is 18.1. The molecule has 0 fully saturated rings. The number of nitrogens with zero attached hydrogens (tertiary/aromatic N) is 1. The number of aromatic nitrogens is 2. The number of nitrogens with two attached hydrogens (primary N) is 1. The van der Waals surface area contributed by atoms with Crippen LogP contribution >= 0.6 is 0 Å². The topological polar surface area (TPSA) is 101 Å². The first-order valence-corrected chi connectivity index (χ1v) is 5.66. The van der Waals surface area contributed by atoms with Gasteiger partial charge in [-0.05, 0) is 12.1 Å². The van der Waals surface area contributed by atoms with Gasteiger partial charge in [-0.25, -0.2) is 0 Å². The summed E-state index contributed by atoms with van der Waals surface area (Å²) < 4.78 is 10.8. The lowest BCUT2D eigenvalue weighted by atomic mass is 10.0. The quantitative estimate of drug-likeness (QED) is 0.485. The predicted octanol–water partition coefficient (Wildman–Crippen LogP) is 2.86.